The van der Waals surface area contributed by atoms with Crippen molar-refractivity contribution in [3.05, 3.63) is 47.5 Å². The molecule has 0 saturated heterocycles. The Bertz CT molecular complexity index is 1110. The van der Waals surface area contributed by atoms with Crippen LogP contribution in [0.2, 0.25) is 0 Å². The number of hydrogen-bond acceptors (Lipinski definition) is 7. The van der Waals surface area contributed by atoms with Crippen molar-refractivity contribution in [3.8, 4) is 11.5 Å². The molecular weight excluding hydrogens is 437 g/mol. The van der Waals surface area contributed by atoms with E-state index in [1.165, 1.54) is 6.07 Å². The van der Waals surface area contributed by atoms with E-state index in [0.717, 1.165) is 12.3 Å². The molecule has 0 amide bonds. The van der Waals surface area contributed by atoms with Crippen LogP contribution in [0.3, 0.4) is 0 Å². The standard InChI is InChI=1S/C23H27F3N4O3/c1-13(2)20(12-31-4)33-19-9-16-17(10-18(19)32-5)29-14(3)30-22(16)28-11-15-6-7-27-21(8-15)23(24,25)26/h6-10,13,20H,11-12H2,1-5H3,(H,28,29,30). The highest BCUT2D eigenvalue weighted by molar-refractivity contribution is 5.91. The number of aryl methyl sites for hydroxylation is 1. The highest BCUT2D eigenvalue weighted by atomic mass is 19.4. The van der Waals surface area contributed by atoms with Gasteiger partial charge in [0.2, 0.25) is 0 Å². The Kier molecular flexibility index (Phi) is 7.57. The van der Waals surface area contributed by atoms with E-state index in [9.17, 15) is 13.2 Å². The van der Waals surface area contributed by atoms with Gasteiger partial charge in [-0.25, -0.2) is 9.97 Å². The van der Waals surface area contributed by atoms with E-state index in [-0.39, 0.29) is 18.6 Å². The molecule has 0 aliphatic carbocycles. The van der Waals surface area contributed by atoms with Crippen LogP contribution in [0.4, 0.5) is 19.0 Å². The van der Waals surface area contributed by atoms with Crippen LogP contribution in [-0.4, -0.2) is 41.9 Å². The van der Waals surface area contributed by atoms with E-state index >= 15 is 0 Å². The number of halogens is 3. The second-order valence-corrected chi connectivity index (χ2v) is 7.90. The lowest BCUT2D eigenvalue weighted by Gasteiger charge is -2.23. The van der Waals surface area contributed by atoms with E-state index in [0.29, 0.717) is 46.2 Å². The minimum atomic E-state index is -4.51. The van der Waals surface area contributed by atoms with Gasteiger partial charge in [0.1, 0.15) is 23.4 Å². The van der Waals surface area contributed by atoms with Gasteiger partial charge in [-0.2, -0.15) is 13.2 Å². The Morgan fingerprint density at radius 1 is 1.06 bits per heavy atom. The normalized spacial score (nSPS) is 12.8. The molecule has 33 heavy (non-hydrogen) atoms. The minimum Gasteiger partial charge on any atom is -0.493 e. The first-order chi connectivity index (χ1) is 15.6. The second kappa shape index (κ2) is 10.2. The summed E-state index contributed by atoms with van der Waals surface area (Å²) in [6.45, 7) is 6.32. The number of alkyl halides is 3. The van der Waals surface area contributed by atoms with Crippen LogP contribution in [0, 0.1) is 12.8 Å². The molecule has 178 valence electrons. The van der Waals surface area contributed by atoms with Crippen molar-refractivity contribution in [1.82, 2.24) is 15.0 Å². The molecule has 1 atom stereocenters. The third kappa shape index (κ3) is 6.01. The molecule has 0 spiro atoms. The SMILES string of the molecule is COCC(Oc1cc2c(NCc3ccnc(C(F)(F)F)c3)nc(C)nc2cc1OC)C(C)C. The fourth-order valence-corrected chi connectivity index (χ4v) is 3.25. The van der Waals surface area contributed by atoms with Gasteiger partial charge >= 0.3 is 6.18 Å². The first kappa shape index (κ1) is 24.5. The number of methoxy groups -OCH3 is 2. The summed E-state index contributed by atoms with van der Waals surface area (Å²) in [5.74, 6) is 2.18. The fraction of sp³-hybridized carbons (Fsp3) is 0.435. The minimum absolute atomic E-state index is 0.123. The summed E-state index contributed by atoms with van der Waals surface area (Å²) in [4.78, 5) is 12.3. The molecule has 3 aromatic rings. The fourth-order valence-electron chi connectivity index (χ4n) is 3.25. The predicted molar refractivity (Wildman–Crippen MR) is 119 cm³/mol. The van der Waals surface area contributed by atoms with E-state index in [1.54, 1.807) is 33.3 Å². The first-order valence-electron chi connectivity index (χ1n) is 10.4. The molecule has 1 unspecified atom stereocenters. The van der Waals surface area contributed by atoms with Crippen LogP contribution in [0.1, 0.15) is 30.9 Å². The monoisotopic (exact) mass is 464 g/mol. The Labute approximate surface area is 190 Å². The number of anilines is 1. The average Bonchev–Trinajstić information content (AvgIpc) is 2.76. The Hall–Kier alpha value is -3.14. The second-order valence-electron chi connectivity index (χ2n) is 7.90. The van der Waals surface area contributed by atoms with Crippen LogP contribution >= 0.6 is 0 Å². The van der Waals surface area contributed by atoms with Crippen molar-refractivity contribution < 1.29 is 27.4 Å². The molecule has 10 heteroatoms. The lowest BCUT2D eigenvalue weighted by molar-refractivity contribution is -0.141. The van der Waals surface area contributed by atoms with Crippen molar-refractivity contribution in [1.29, 1.82) is 0 Å². The average molecular weight is 464 g/mol. The summed E-state index contributed by atoms with van der Waals surface area (Å²) in [6, 6.07) is 6.06. The number of aromatic nitrogens is 3. The maximum Gasteiger partial charge on any atom is 0.433 e. The van der Waals surface area contributed by atoms with E-state index in [1.807, 2.05) is 13.8 Å². The summed E-state index contributed by atoms with van der Waals surface area (Å²) in [5, 5.41) is 3.78. The molecular formula is C23H27F3N4O3. The number of nitrogens with one attached hydrogen (secondary N) is 1. The molecule has 7 nitrogen and oxygen atoms in total. The summed E-state index contributed by atoms with van der Waals surface area (Å²) in [6.07, 6.45) is -3.57. The van der Waals surface area contributed by atoms with E-state index < -0.39 is 11.9 Å². The van der Waals surface area contributed by atoms with Gasteiger partial charge < -0.3 is 19.5 Å². The van der Waals surface area contributed by atoms with Crippen LogP contribution in [0.25, 0.3) is 10.9 Å². The van der Waals surface area contributed by atoms with Crippen LogP contribution < -0.4 is 14.8 Å². The molecule has 0 aliphatic heterocycles. The maximum atomic E-state index is 13.0. The van der Waals surface area contributed by atoms with Gasteiger partial charge in [0.25, 0.3) is 0 Å². The Morgan fingerprint density at radius 3 is 2.45 bits per heavy atom. The maximum absolute atomic E-state index is 13.0. The molecule has 2 heterocycles. The molecule has 0 aliphatic rings. The van der Waals surface area contributed by atoms with Crippen molar-refractivity contribution in [3.63, 3.8) is 0 Å². The number of ether oxygens (including phenoxy) is 3. The van der Waals surface area contributed by atoms with Crippen molar-refractivity contribution >= 4 is 16.7 Å². The van der Waals surface area contributed by atoms with Gasteiger partial charge in [0.15, 0.2) is 11.5 Å². The largest absolute Gasteiger partial charge is 0.493 e. The topological polar surface area (TPSA) is 78.4 Å². The molecule has 1 aromatic carbocycles. The molecule has 0 bridgehead atoms. The van der Waals surface area contributed by atoms with Gasteiger partial charge in [-0.1, -0.05) is 13.8 Å². The quantitative estimate of drug-likeness (QED) is 0.476. The first-order valence-corrected chi connectivity index (χ1v) is 10.4. The van der Waals surface area contributed by atoms with Crippen molar-refractivity contribution in [2.45, 2.75) is 39.6 Å². The molecule has 0 fully saturated rings. The molecule has 1 N–H and O–H groups in total. The number of nitrogens with zero attached hydrogens (tertiary/aromatic N) is 3. The number of benzene rings is 1. The highest BCUT2D eigenvalue weighted by Gasteiger charge is 2.32. The molecule has 0 saturated carbocycles. The van der Waals surface area contributed by atoms with Crippen LogP contribution in [0.15, 0.2) is 30.5 Å². The zero-order valence-corrected chi connectivity index (χ0v) is 19.2. The number of pyridine rings is 1. The number of fused-ring (bicyclic) bond motifs is 1. The zero-order chi connectivity index (χ0) is 24.2. The van der Waals surface area contributed by atoms with Gasteiger partial charge in [0, 0.05) is 31.3 Å². The lowest BCUT2D eigenvalue weighted by Crippen LogP contribution is -2.28. The molecule has 3 rings (SSSR count). The van der Waals surface area contributed by atoms with Crippen LogP contribution in [-0.2, 0) is 17.5 Å². The molecule has 0 radical (unpaired) electrons. The zero-order valence-electron chi connectivity index (χ0n) is 19.2. The summed E-state index contributed by atoms with van der Waals surface area (Å²) in [7, 11) is 3.15. The van der Waals surface area contributed by atoms with Gasteiger partial charge in [-0.3, -0.25) is 4.98 Å². The lowest BCUT2D eigenvalue weighted by atomic mass is 10.1. The van der Waals surface area contributed by atoms with Gasteiger partial charge in [-0.15, -0.1) is 0 Å². The summed E-state index contributed by atoms with van der Waals surface area (Å²) in [5.41, 5.74) is 0.100. The number of hydrogen-bond donors (Lipinski definition) is 1. The van der Waals surface area contributed by atoms with Crippen molar-refractivity contribution in [2.24, 2.45) is 5.92 Å². The Morgan fingerprint density at radius 2 is 1.82 bits per heavy atom. The highest BCUT2D eigenvalue weighted by Crippen LogP contribution is 2.36. The third-order valence-corrected chi connectivity index (χ3v) is 5.02. The Balaban J connectivity index is 1.96. The predicted octanol–water partition coefficient (Wildman–Crippen LogP) is 5.02. The van der Waals surface area contributed by atoms with Crippen LogP contribution in [0.5, 0.6) is 11.5 Å². The molecule has 2 aromatic heterocycles. The summed E-state index contributed by atoms with van der Waals surface area (Å²) >= 11 is 0. The van der Waals surface area contributed by atoms with Gasteiger partial charge in [-0.05, 0) is 36.6 Å². The summed E-state index contributed by atoms with van der Waals surface area (Å²) < 4.78 is 55.9. The third-order valence-electron chi connectivity index (χ3n) is 5.02. The smallest absolute Gasteiger partial charge is 0.433 e. The van der Waals surface area contributed by atoms with Crippen molar-refractivity contribution in [2.75, 3.05) is 26.1 Å². The van der Waals surface area contributed by atoms with Gasteiger partial charge in [0.05, 0.1) is 19.2 Å². The van der Waals surface area contributed by atoms with E-state index in [2.05, 4.69) is 20.3 Å². The number of rotatable bonds is 9. The van der Waals surface area contributed by atoms with E-state index in [4.69, 9.17) is 14.2 Å².